The summed E-state index contributed by atoms with van der Waals surface area (Å²) in [6, 6.07) is 7.62. The molecule has 0 heterocycles. The molecule has 0 bridgehead atoms. The van der Waals surface area contributed by atoms with Crippen molar-refractivity contribution in [2.24, 2.45) is 0 Å². The number of carbonyl (C=O) groups excluding carboxylic acids is 1. The zero-order chi connectivity index (χ0) is 12.2. The number of carbonyl (C=O) groups is 1. The number of nitrogens with one attached hydrogen (secondary N) is 1. The minimum Gasteiger partial charge on any atom is -0.384 e. The zero-order valence-electron chi connectivity index (χ0n) is 10.3. The highest BCUT2D eigenvalue weighted by Crippen LogP contribution is 2.21. The van der Waals surface area contributed by atoms with Crippen LogP contribution in [-0.4, -0.2) is 23.3 Å². The van der Waals surface area contributed by atoms with Crippen LogP contribution < -0.4 is 5.32 Å². The molecule has 0 amide bonds. The second-order valence-electron chi connectivity index (χ2n) is 4.45. The molecular formula is C13H19NOS. The zero-order valence-corrected chi connectivity index (χ0v) is 11.1. The van der Waals surface area contributed by atoms with Gasteiger partial charge in [0.1, 0.15) is 0 Å². The topological polar surface area (TPSA) is 29.1 Å². The van der Waals surface area contributed by atoms with E-state index in [2.05, 4.69) is 25.4 Å². The van der Waals surface area contributed by atoms with E-state index in [0.29, 0.717) is 0 Å². The molecule has 0 saturated carbocycles. The van der Waals surface area contributed by atoms with Crippen LogP contribution in [0.3, 0.4) is 0 Å². The third-order valence-electron chi connectivity index (χ3n) is 2.56. The average Bonchev–Trinajstić information content (AvgIpc) is 2.27. The van der Waals surface area contributed by atoms with Gasteiger partial charge in [-0.05, 0) is 51.3 Å². The fraction of sp³-hybridized carbons (Fsp3) is 0.462. The first kappa shape index (κ1) is 13.1. The van der Waals surface area contributed by atoms with Gasteiger partial charge in [-0.3, -0.25) is 4.79 Å². The Morgan fingerprint density at radius 2 is 1.88 bits per heavy atom. The van der Waals surface area contributed by atoms with Crippen molar-refractivity contribution < 1.29 is 4.79 Å². The van der Waals surface area contributed by atoms with Crippen molar-refractivity contribution >= 4 is 23.2 Å². The minimum atomic E-state index is 0.107. The Morgan fingerprint density at radius 3 is 2.31 bits per heavy atom. The Bertz CT molecular complexity index is 357. The van der Waals surface area contributed by atoms with Gasteiger partial charge in [-0.2, -0.15) is 11.8 Å². The van der Waals surface area contributed by atoms with Gasteiger partial charge in [0.05, 0.1) is 0 Å². The fourth-order valence-corrected chi connectivity index (χ4v) is 1.43. The first-order valence-corrected chi connectivity index (χ1v) is 6.57. The van der Waals surface area contributed by atoms with Gasteiger partial charge in [0.25, 0.3) is 0 Å². The summed E-state index contributed by atoms with van der Waals surface area (Å²) in [7, 11) is 0. The van der Waals surface area contributed by atoms with E-state index in [4.69, 9.17) is 0 Å². The molecule has 1 N–H and O–H groups in total. The van der Waals surface area contributed by atoms with Crippen molar-refractivity contribution in [1.29, 1.82) is 0 Å². The molecule has 0 saturated heterocycles. The standard InChI is InChI=1S/C13H19NOS/c1-10(15)11-5-7-12(8-6-11)14-9-13(2,3)16-4/h5-8,14H,9H2,1-4H3. The second kappa shape index (κ2) is 5.39. The van der Waals surface area contributed by atoms with E-state index in [1.807, 2.05) is 36.0 Å². The first-order valence-electron chi connectivity index (χ1n) is 5.34. The maximum absolute atomic E-state index is 11.1. The molecule has 16 heavy (non-hydrogen) atoms. The van der Waals surface area contributed by atoms with Crippen LogP contribution >= 0.6 is 11.8 Å². The number of hydrogen-bond acceptors (Lipinski definition) is 3. The van der Waals surface area contributed by atoms with Gasteiger partial charge in [0.2, 0.25) is 0 Å². The van der Waals surface area contributed by atoms with E-state index in [-0.39, 0.29) is 10.5 Å². The van der Waals surface area contributed by atoms with Crippen LogP contribution in [0.15, 0.2) is 24.3 Å². The summed E-state index contributed by atoms with van der Waals surface area (Å²) in [5, 5.41) is 3.37. The Kier molecular flexibility index (Phi) is 4.42. The molecule has 1 aromatic carbocycles. The van der Waals surface area contributed by atoms with E-state index >= 15 is 0 Å². The molecule has 0 fully saturated rings. The minimum absolute atomic E-state index is 0.107. The van der Waals surface area contributed by atoms with Crippen molar-refractivity contribution in [3.05, 3.63) is 29.8 Å². The summed E-state index contributed by atoms with van der Waals surface area (Å²) in [4.78, 5) is 11.1. The molecule has 1 rings (SSSR count). The highest BCUT2D eigenvalue weighted by atomic mass is 32.2. The van der Waals surface area contributed by atoms with Gasteiger partial charge in [-0.25, -0.2) is 0 Å². The third-order valence-corrected chi connectivity index (χ3v) is 3.81. The fourth-order valence-electron chi connectivity index (χ4n) is 1.21. The first-order chi connectivity index (χ1) is 7.44. The number of thioether (sulfide) groups is 1. The van der Waals surface area contributed by atoms with Crippen LogP contribution in [0.4, 0.5) is 5.69 Å². The predicted molar refractivity (Wildman–Crippen MR) is 72.5 cm³/mol. The van der Waals surface area contributed by atoms with E-state index in [1.54, 1.807) is 6.92 Å². The Labute approximate surface area is 102 Å². The third kappa shape index (κ3) is 3.89. The lowest BCUT2D eigenvalue weighted by molar-refractivity contribution is 0.101. The highest BCUT2D eigenvalue weighted by molar-refractivity contribution is 7.99. The molecule has 0 aliphatic heterocycles. The molecule has 1 aromatic rings. The average molecular weight is 237 g/mol. The van der Waals surface area contributed by atoms with Crippen molar-refractivity contribution in [1.82, 2.24) is 0 Å². The van der Waals surface area contributed by atoms with Crippen LogP contribution in [0.25, 0.3) is 0 Å². The van der Waals surface area contributed by atoms with Gasteiger partial charge < -0.3 is 5.32 Å². The van der Waals surface area contributed by atoms with Crippen molar-refractivity contribution in [2.75, 3.05) is 18.1 Å². The van der Waals surface area contributed by atoms with Crippen LogP contribution in [-0.2, 0) is 0 Å². The molecule has 88 valence electrons. The quantitative estimate of drug-likeness (QED) is 0.795. The van der Waals surface area contributed by atoms with Gasteiger partial charge in [0.15, 0.2) is 5.78 Å². The summed E-state index contributed by atoms with van der Waals surface area (Å²) in [5.74, 6) is 0.107. The van der Waals surface area contributed by atoms with Crippen LogP contribution in [0.5, 0.6) is 0 Å². The molecule has 0 spiro atoms. The summed E-state index contributed by atoms with van der Waals surface area (Å²) >= 11 is 1.84. The van der Waals surface area contributed by atoms with Gasteiger partial charge in [-0.1, -0.05) is 0 Å². The molecule has 0 radical (unpaired) electrons. The number of rotatable bonds is 5. The summed E-state index contributed by atoms with van der Waals surface area (Å²) in [5.41, 5.74) is 1.82. The Morgan fingerprint density at radius 1 is 1.31 bits per heavy atom. The molecule has 0 aliphatic carbocycles. The van der Waals surface area contributed by atoms with E-state index < -0.39 is 0 Å². The largest absolute Gasteiger partial charge is 0.384 e. The molecule has 0 atom stereocenters. The van der Waals surface area contributed by atoms with E-state index in [9.17, 15) is 4.79 Å². The molecule has 3 heteroatoms. The van der Waals surface area contributed by atoms with Crippen LogP contribution in [0.1, 0.15) is 31.1 Å². The number of anilines is 1. The van der Waals surface area contributed by atoms with E-state index in [0.717, 1.165) is 17.8 Å². The highest BCUT2D eigenvalue weighted by Gasteiger charge is 2.14. The maximum Gasteiger partial charge on any atom is 0.159 e. The smallest absolute Gasteiger partial charge is 0.159 e. The number of benzene rings is 1. The van der Waals surface area contributed by atoms with Gasteiger partial charge >= 0.3 is 0 Å². The lowest BCUT2D eigenvalue weighted by Gasteiger charge is -2.22. The molecule has 0 aliphatic rings. The van der Waals surface area contributed by atoms with E-state index in [1.165, 1.54) is 0 Å². The predicted octanol–water partition coefficient (Wildman–Crippen LogP) is 3.44. The monoisotopic (exact) mass is 237 g/mol. The van der Waals surface area contributed by atoms with Crippen molar-refractivity contribution in [2.45, 2.75) is 25.5 Å². The lowest BCUT2D eigenvalue weighted by Crippen LogP contribution is -2.25. The van der Waals surface area contributed by atoms with Gasteiger partial charge in [0, 0.05) is 22.5 Å². The van der Waals surface area contributed by atoms with Crippen LogP contribution in [0, 0.1) is 0 Å². The Balaban J connectivity index is 2.59. The molecule has 0 unspecified atom stereocenters. The number of hydrogen-bond donors (Lipinski definition) is 1. The summed E-state index contributed by atoms with van der Waals surface area (Å²) < 4.78 is 0.221. The SMILES string of the molecule is CSC(C)(C)CNc1ccc(C(C)=O)cc1. The lowest BCUT2D eigenvalue weighted by atomic mass is 10.1. The van der Waals surface area contributed by atoms with Crippen LogP contribution in [0.2, 0.25) is 0 Å². The summed E-state index contributed by atoms with van der Waals surface area (Å²) in [6.07, 6.45) is 2.11. The second-order valence-corrected chi connectivity index (χ2v) is 5.96. The maximum atomic E-state index is 11.1. The number of Topliss-reactive ketones (excluding diaryl/α,β-unsaturated/α-hetero) is 1. The Hall–Kier alpha value is -0.960. The number of ketones is 1. The molecule has 0 aromatic heterocycles. The summed E-state index contributed by atoms with van der Waals surface area (Å²) in [6.45, 7) is 6.90. The van der Waals surface area contributed by atoms with Gasteiger partial charge in [-0.15, -0.1) is 0 Å². The molecule has 2 nitrogen and oxygen atoms in total. The molecular weight excluding hydrogens is 218 g/mol. The van der Waals surface area contributed by atoms with Crippen molar-refractivity contribution in [3.63, 3.8) is 0 Å². The normalized spacial score (nSPS) is 11.2. The van der Waals surface area contributed by atoms with Crippen molar-refractivity contribution in [3.8, 4) is 0 Å².